The molecule has 2 N–H and O–H groups in total. The Morgan fingerprint density at radius 3 is 2.65 bits per heavy atom. The molecule has 1 aromatic rings. The van der Waals surface area contributed by atoms with Crippen LogP contribution >= 0.6 is 0 Å². The van der Waals surface area contributed by atoms with Crippen molar-refractivity contribution in [2.75, 3.05) is 13.2 Å². The largest absolute Gasteiger partial charge is 0.396 e. The topological polar surface area (TPSA) is 40.5 Å². The Labute approximate surface area is 101 Å². The molecule has 0 unspecified atom stereocenters. The van der Waals surface area contributed by atoms with E-state index >= 15 is 0 Å². The van der Waals surface area contributed by atoms with Gasteiger partial charge < -0.3 is 10.2 Å². The van der Waals surface area contributed by atoms with Crippen molar-refractivity contribution in [3.63, 3.8) is 0 Å². The van der Waals surface area contributed by atoms with Crippen LogP contribution in [0.15, 0.2) is 35.7 Å². The first kappa shape index (κ1) is 11.9. The Balaban J connectivity index is 2.12. The Morgan fingerprint density at radius 2 is 1.88 bits per heavy atom. The molecule has 88 valence electrons. The van der Waals surface area contributed by atoms with Gasteiger partial charge in [0.15, 0.2) is 0 Å². The molecule has 0 aliphatic heterocycles. The van der Waals surface area contributed by atoms with Crippen molar-refractivity contribution in [3.8, 4) is 0 Å². The van der Waals surface area contributed by atoms with Crippen molar-refractivity contribution in [1.82, 2.24) is 0 Å². The first-order valence-corrected chi connectivity index (χ1v) is 5.87. The van der Waals surface area contributed by atoms with Crippen LogP contribution < -0.4 is 0 Å². The summed E-state index contributed by atoms with van der Waals surface area (Å²) in [5, 5.41) is 18.1. The zero-order chi connectivity index (χ0) is 12.1. The van der Waals surface area contributed by atoms with Crippen LogP contribution in [0, 0.1) is 5.92 Å². The smallest absolute Gasteiger partial charge is 0.0481 e. The van der Waals surface area contributed by atoms with E-state index in [1.54, 1.807) is 0 Å². The first-order valence-electron chi connectivity index (χ1n) is 5.87. The highest BCUT2D eigenvalue weighted by molar-refractivity contribution is 5.76. The Hall–Kier alpha value is -1.56. The summed E-state index contributed by atoms with van der Waals surface area (Å²) in [6.45, 7) is 0.0654. The molecule has 0 spiro atoms. The van der Waals surface area contributed by atoms with E-state index < -0.39 is 0 Å². The lowest BCUT2D eigenvalue weighted by Crippen LogP contribution is -2.11. The number of hydrogen-bond acceptors (Lipinski definition) is 2. The molecular weight excluding hydrogens is 212 g/mol. The van der Waals surface area contributed by atoms with Gasteiger partial charge in [-0.15, -0.1) is 0 Å². The van der Waals surface area contributed by atoms with Gasteiger partial charge in [0.1, 0.15) is 0 Å². The zero-order valence-corrected chi connectivity index (χ0v) is 9.69. The quantitative estimate of drug-likeness (QED) is 0.759. The van der Waals surface area contributed by atoms with E-state index in [1.807, 2.05) is 18.2 Å². The molecule has 1 aliphatic carbocycles. The van der Waals surface area contributed by atoms with Gasteiger partial charge in [0.05, 0.1) is 0 Å². The Bertz CT molecular complexity index is 485. The number of rotatable bonds is 5. The summed E-state index contributed by atoms with van der Waals surface area (Å²) in [5.74, 6) is -0.0395. The summed E-state index contributed by atoms with van der Waals surface area (Å²) in [4.78, 5) is 0. The number of aliphatic hydroxyl groups is 2. The molecule has 0 fully saturated rings. The highest BCUT2D eigenvalue weighted by Crippen LogP contribution is 2.26. The maximum atomic E-state index is 9.04. The fourth-order valence-electron chi connectivity index (χ4n) is 1.95. The maximum Gasteiger partial charge on any atom is 0.0481 e. The molecule has 0 heterocycles. The van der Waals surface area contributed by atoms with Crippen LogP contribution in [0.1, 0.15) is 24.0 Å². The Morgan fingerprint density at radius 1 is 1.12 bits per heavy atom. The molecule has 0 aromatic heterocycles. The molecule has 0 bridgehead atoms. The molecule has 0 saturated heterocycles. The van der Waals surface area contributed by atoms with Crippen LogP contribution in [-0.4, -0.2) is 23.4 Å². The number of aliphatic hydroxyl groups excluding tert-OH is 2. The lowest BCUT2D eigenvalue weighted by atomic mass is 9.92. The summed E-state index contributed by atoms with van der Waals surface area (Å²) in [6.07, 6.45) is 3.50. The van der Waals surface area contributed by atoms with Crippen LogP contribution in [0.25, 0.3) is 11.6 Å². The molecule has 17 heavy (non-hydrogen) atoms. The lowest BCUT2D eigenvalue weighted by molar-refractivity contribution is 0.145. The molecule has 1 aromatic carbocycles. The summed E-state index contributed by atoms with van der Waals surface area (Å²) in [5.41, 5.74) is 9.59. The van der Waals surface area contributed by atoms with Gasteiger partial charge in [-0.3, -0.25) is 0 Å². The van der Waals surface area contributed by atoms with Gasteiger partial charge in [-0.2, -0.15) is 0 Å². The minimum Gasteiger partial charge on any atom is -0.396 e. The van der Waals surface area contributed by atoms with Gasteiger partial charge in [0, 0.05) is 24.7 Å². The third-order valence-corrected chi connectivity index (χ3v) is 3.06. The molecule has 2 heteroatoms. The number of fused-ring (bicyclic) bond motifs is 1. The summed E-state index contributed by atoms with van der Waals surface area (Å²) in [7, 11) is 0. The van der Waals surface area contributed by atoms with Crippen molar-refractivity contribution in [2.24, 2.45) is 5.92 Å². The predicted octanol–water partition coefficient (Wildman–Crippen LogP) is 2.23. The van der Waals surface area contributed by atoms with Gasteiger partial charge in [0.2, 0.25) is 0 Å². The van der Waals surface area contributed by atoms with Gasteiger partial charge >= 0.3 is 0 Å². The second kappa shape index (κ2) is 5.67. The van der Waals surface area contributed by atoms with Crippen molar-refractivity contribution in [1.29, 1.82) is 0 Å². The minimum absolute atomic E-state index is 0.0327. The van der Waals surface area contributed by atoms with Gasteiger partial charge in [-0.25, -0.2) is 0 Å². The van der Waals surface area contributed by atoms with E-state index in [-0.39, 0.29) is 19.1 Å². The summed E-state index contributed by atoms with van der Waals surface area (Å²) in [6, 6.07) is 8.14. The highest BCUT2D eigenvalue weighted by Gasteiger charge is 2.11. The predicted molar refractivity (Wildman–Crippen MR) is 68.2 cm³/mol. The molecule has 1 aliphatic rings. The third kappa shape index (κ3) is 2.76. The SMILES string of the molecule is OCC(CO)CCC1=C=C=Cc2ccccc21. The fourth-order valence-corrected chi connectivity index (χ4v) is 1.95. The Kier molecular flexibility index (Phi) is 3.98. The van der Waals surface area contributed by atoms with Gasteiger partial charge in [-0.1, -0.05) is 35.7 Å². The number of benzene rings is 1. The summed E-state index contributed by atoms with van der Waals surface area (Å²) >= 11 is 0. The molecule has 2 rings (SSSR count). The van der Waals surface area contributed by atoms with E-state index in [9.17, 15) is 0 Å². The van der Waals surface area contributed by atoms with Crippen molar-refractivity contribution >= 4 is 11.6 Å². The van der Waals surface area contributed by atoms with E-state index in [0.29, 0.717) is 0 Å². The zero-order valence-electron chi connectivity index (χ0n) is 9.69. The van der Waals surface area contributed by atoms with E-state index in [4.69, 9.17) is 10.2 Å². The highest BCUT2D eigenvalue weighted by atomic mass is 16.3. The van der Waals surface area contributed by atoms with E-state index in [1.165, 1.54) is 5.56 Å². The molecule has 2 nitrogen and oxygen atoms in total. The molecule has 0 atom stereocenters. The van der Waals surface area contributed by atoms with Crippen LogP contribution in [0.4, 0.5) is 0 Å². The van der Waals surface area contributed by atoms with E-state index in [0.717, 1.165) is 24.0 Å². The lowest BCUT2D eigenvalue weighted by Gasteiger charge is -2.13. The van der Waals surface area contributed by atoms with Crippen LogP contribution in [0.3, 0.4) is 0 Å². The van der Waals surface area contributed by atoms with Crippen molar-refractivity contribution in [2.45, 2.75) is 12.8 Å². The van der Waals surface area contributed by atoms with Crippen LogP contribution in [0.2, 0.25) is 0 Å². The molecule has 0 radical (unpaired) electrons. The van der Waals surface area contributed by atoms with Gasteiger partial charge in [-0.05, 0) is 30.0 Å². The monoisotopic (exact) mass is 228 g/mol. The summed E-state index contributed by atoms with van der Waals surface area (Å²) < 4.78 is 0. The molecule has 0 amide bonds. The third-order valence-electron chi connectivity index (χ3n) is 3.06. The first-order chi connectivity index (χ1) is 8.35. The van der Waals surface area contributed by atoms with Crippen LogP contribution in [0.5, 0.6) is 0 Å². The second-order valence-electron chi connectivity index (χ2n) is 4.25. The average molecular weight is 228 g/mol. The van der Waals surface area contributed by atoms with Crippen molar-refractivity contribution < 1.29 is 10.2 Å². The molecule has 0 saturated carbocycles. The fraction of sp³-hybridized carbons (Fsp3) is 0.333. The van der Waals surface area contributed by atoms with Crippen LogP contribution in [-0.2, 0) is 0 Å². The second-order valence-corrected chi connectivity index (χ2v) is 4.25. The number of hydrogen-bond donors (Lipinski definition) is 2. The molecular formula is C15H16O2. The normalized spacial score (nSPS) is 12.8. The van der Waals surface area contributed by atoms with E-state index in [2.05, 4.69) is 23.6 Å². The minimum atomic E-state index is -0.0395. The number of allylic oxidation sites excluding steroid dienone is 1. The maximum absolute atomic E-state index is 9.04. The van der Waals surface area contributed by atoms with Gasteiger partial charge in [0.25, 0.3) is 0 Å². The van der Waals surface area contributed by atoms with Crippen molar-refractivity contribution in [3.05, 3.63) is 46.9 Å². The standard InChI is InChI=1S/C15H16O2/c16-10-12(11-17)8-9-14-6-3-5-13-4-1-2-7-15(13)14/h1-2,4-5,7,12,16-17H,8-11H2. The average Bonchev–Trinajstić information content (AvgIpc) is 2.40.